The molecule has 0 aliphatic rings. The fourth-order valence-electron chi connectivity index (χ4n) is 1.48. The molecule has 0 unspecified atom stereocenters. The first-order valence-corrected chi connectivity index (χ1v) is 5.87. The van der Waals surface area contributed by atoms with Crippen LogP contribution < -0.4 is 5.69 Å². The van der Waals surface area contributed by atoms with Gasteiger partial charge in [0.1, 0.15) is 5.52 Å². The molecule has 0 atom stereocenters. The second kappa shape index (κ2) is 3.69. The number of fused-ring (bicyclic) bond motifs is 1. The van der Waals surface area contributed by atoms with E-state index in [4.69, 9.17) is 0 Å². The minimum Gasteiger partial charge on any atom is -0.303 e. The van der Waals surface area contributed by atoms with Crippen molar-refractivity contribution in [3.63, 3.8) is 0 Å². The number of aromatic amines is 1. The Kier molecular flexibility index (Phi) is 2.52. The Morgan fingerprint density at radius 3 is 2.87 bits per heavy atom. The second-order valence-electron chi connectivity index (χ2n) is 3.49. The molecule has 0 radical (unpaired) electrons. The van der Waals surface area contributed by atoms with Crippen molar-refractivity contribution in [2.24, 2.45) is 0 Å². The number of rotatable bonds is 2. The minimum atomic E-state index is -0.132. The van der Waals surface area contributed by atoms with E-state index in [1.807, 2.05) is 20.1 Å². The normalized spacial score (nSPS) is 11.5. The van der Waals surface area contributed by atoms with Gasteiger partial charge in [0.15, 0.2) is 10.8 Å². The summed E-state index contributed by atoms with van der Waals surface area (Å²) in [5.41, 5.74) is 1.23. The third-order valence-corrected chi connectivity index (χ3v) is 2.70. The molecule has 0 amide bonds. The number of hydrogen-bond donors (Lipinski definition) is 1. The highest BCUT2D eigenvalue weighted by Crippen LogP contribution is 2.15. The molecule has 2 heterocycles. The quantitative estimate of drug-likeness (QED) is 0.619. The van der Waals surface area contributed by atoms with E-state index in [0.717, 1.165) is 0 Å². The molecule has 6 heteroatoms. The molecule has 0 aliphatic heterocycles. The van der Waals surface area contributed by atoms with Crippen molar-refractivity contribution in [2.75, 3.05) is 6.26 Å². The first kappa shape index (κ1) is 10.2. The van der Waals surface area contributed by atoms with Crippen molar-refractivity contribution < 1.29 is 0 Å². The molecule has 2 aromatic rings. The highest BCUT2D eigenvalue weighted by atomic mass is 32.2. The molecule has 2 rings (SSSR count). The van der Waals surface area contributed by atoms with Gasteiger partial charge in [-0.1, -0.05) is 11.8 Å². The molecule has 0 fully saturated rings. The lowest BCUT2D eigenvalue weighted by Crippen LogP contribution is -2.18. The first-order valence-electron chi connectivity index (χ1n) is 4.64. The van der Waals surface area contributed by atoms with Gasteiger partial charge in [0.25, 0.3) is 0 Å². The fourth-order valence-corrected chi connectivity index (χ4v) is 1.81. The van der Waals surface area contributed by atoms with Crippen LogP contribution in [0, 0.1) is 0 Å². The first-order chi connectivity index (χ1) is 7.13. The van der Waals surface area contributed by atoms with Gasteiger partial charge < -0.3 is 4.98 Å². The van der Waals surface area contributed by atoms with Crippen molar-refractivity contribution in [3.05, 3.63) is 16.7 Å². The summed E-state index contributed by atoms with van der Waals surface area (Å²) < 4.78 is 1.64. The van der Waals surface area contributed by atoms with Crippen LogP contribution in [0.5, 0.6) is 0 Å². The van der Waals surface area contributed by atoms with Crippen LogP contribution >= 0.6 is 11.8 Å². The van der Waals surface area contributed by atoms with Gasteiger partial charge in [-0.2, -0.15) is 0 Å². The molecular weight excluding hydrogens is 212 g/mol. The maximum Gasteiger partial charge on any atom is 0.327 e. The van der Waals surface area contributed by atoms with Gasteiger partial charge in [-0.3, -0.25) is 4.57 Å². The number of nitrogens with zero attached hydrogens (tertiary/aromatic N) is 3. The number of thioether (sulfide) groups is 1. The molecule has 2 aromatic heterocycles. The van der Waals surface area contributed by atoms with Gasteiger partial charge in [0.05, 0.1) is 6.20 Å². The zero-order valence-corrected chi connectivity index (χ0v) is 9.63. The minimum absolute atomic E-state index is 0.0934. The molecule has 0 aromatic carbocycles. The summed E-state index contributed by atoms with van der Waals surface area (Å²) in [5, 5.41) is 0.677. The lowest BCUT2D eigenvalue weighted by atomic mass is 10.4. The van der Waals surface area contributed by atoms with Crippen LogP contribution in [0.3, 0.4) is 0 Å². The summed E-state index contributed by atoms with van der Waals surface area (Å²) in [6, 6.07) is 0.0934. The molecule has 15 heavy (non-hydrogen) atoms. The maximum absolute atomic E-state index is 11.6. The second-order valence-corrected chi connectivity index (χ2v) is 4.26. The number of hydrogen-bond acceptors (Lipinski definition) is 4. The number of H-pyrrole nitrogens is 1. The molecule has 0 bridgehead atoms. The van der Waals surface area contributed by atoms with Crippen LogP contribution in [0.25, 0.3) is 11.2 Å². The van der Waals surface area contributed by atoms with E-state index in [0.29, 0.717) is 16.3 Å². The standard InChI is InChI=1S/C9H12N4OS/c1-5(2)13-7-6(11-9(13)14)4-10-8(12-7)15-3/h4-5H,1-3H3,(H,11,14). The molecule has 0 aliphatic carbocycles. The zero-order chi connectivity index (χ0) is 11.0. The van der Waals surface area contributed by atoms with E-state index in [9.17, 15) is 4.79 Å². The average molecular weight is 224 g/mol. The molecule has 5 nitrogen and oxygen atoms in total. The molecule has 0 spiro atoms. The van der Waals surface area contributed by atoms with E-state index in [1.165, 1.54) is 11.8 Å². The fraction of sp³-hybridized carbons (Fsp3) is 0.444. The monoisotopic (exact) mass is 224 g/mol. The van der Waals surface area contributed by atoms with Crippen molar-refractivity contribution in [1.29, 1.82) is 0 Å². The Morgan fingerprint density at radius 2 is 2.27 bits per heavy atom. The summed E-state index contributed by atoms with van der Waals surface area (Å²) in [4.78, 5) is 22.8. The summed E-state index contributed by atoms with van der Waals surface area (Å²) in [7, 11) is 0. The van der Waals surface area contributed by atoms with E-state index < -0.39 is 0 Å². The predicted molar refractivity (Wildman–Crippen MR) is 60.3 cm³/mol. The van der Waals surface area contributed by atoms with Crippen LogP contribution in [0.15, 0.2) is 16.1 Å². The van der Waals surface area contributed by atoms with Crippen molar-refractivity contribution in [1.82, 2.24) is 19.5 Å². The van der Waals surface area contributed by atoms with E-state index in [1.54, 1.807) is 10.8 Å². The molecule has 0 saturated heterocycles. The van der Waals surface area contributed by atoms with Crippen LogP contribution in [-0.4, -0.2) is 25.8 Å². The Balaban J connectivity index is 2.78. The van der Waals surface area contributed by atoms with Gasteiger partial charge in [-0.05, 0) is 20.1 Å². The molecular formula is C9H12N4OS. The Labute approximate surface area is 90.9 Å². The van der Waals surface area contributed by atoms with Crippen molar-refractivity contribution in [3.8, 4) is 0 Å². The van der Waals surface area contributed by atoms with Crippen LogP contribution in [0.4, 0.5) is 0 Å². The number of imidazole rings is 1. The Morgan fingerprint density at radius 1 is 1.53 bits per heavy atom. The van der Waals surface area contributed by atoms with Crippen LogP contribution in [0.2, 0.25) is 0 Å². The SMILES string of the molecule is CSc1ncc2[nH]c(=O)n(C(C)C)c2n1. The lowest BCUT2D eigenvalue weighted by Gasteiger charge is -2.05. The number of nitrogens with one attached hydrogen (secondary N) is 1. The molecule has 0 saturated carbocycles. The number of aromatic nitrogens is 4. The third-order valence-electron chi connectivity index (χ3n) is 2.13. The molecule has 1 N–H and O–H groups in total. The smallest absolute Gasteiger partial charge is 0.303 e. The highest BCUT2D eigenvalue weighted by Gasteiger charge is 2.11. The largest absolute Gasteiger partial charge is 0.327 e. The summed E-state index contributed by atoms with van der Waals surface area (Å²) in [6.45, 7) is 3.91. The lowest BCUT2D eigenvalue weighted by molar-refractivity contribution is 0.591. The summed E-state index contributed by atoms with van der Waals surface area (Å²) >= 11 is 1.46. The predicted octanol–water partition coefficient (Wildman–Crippen LogP) is 1.42. The Bertz CT molecular complexity index is 543. The van der Waals surface area contributed by atoms with E-state index in [-0.39, 0.29) is 11.7 Å². The van der Waals surface area contributed by atoms with Crippen LogP contribution in [0.1, 0.15) is 19.9 Å². The third kappa shape index (κ3) is 1.65. The summed E-state index contributed by atoms with van der Waals surface area (Å²) in [5.74, 6) is 0. The van der Waals surface area contributed by atoms with Gasteiger partial charge >= 0.3 is 5.69 Å². The highest BCUT2D eigenvalue weighted by molar-refractivity contribution is 7.98. The van der Waals surface area contributed by atoms with Crippen molar-refractivity contribution >= 4 is 22.9 Å². The maximum atomic E-state index is 11.6. The van der Waals surface area contributed by atoms with Gasteiger partial charge in [0, 0.05) is 6.04 Å². The topological polar surface area (TPSA) is 63.6 Å². The van der Waals surface area contributed by atoms with Crippen molar-refractivity contribution in [2.45, 2.75) is 25.0 Å². The molecule has 80 valence electrons. The van der Waals surface area contributed by atoms with Gasteiger partial charge in [-0.25, -0.2) is 14.8 Å². The van der Waals surface area contributed by atoms with Gasteiger partial charge in [0.2, 0.25) is 0 Å². The Hall–Kier alpha value is -1.30. The van der Waals surface area contributed by atoms with E-state index in [2.05, 4.69) is 15.0 Å². The van der Waals surface area contributed by atoms with Crippen LogP contribution in [-0.2, 0) is 0 Å². The zero-order valence-electron chi connectivity index (χ0n) is 8.81. The average Bonchev–Trinajstić information content (AvgIpc) is 2.52. The van der Waals surface area contributed by atoms with E-state index >= 15 is 0 Å². The summed E-state index contributed by atoms with van der Waals surface area (Å²) in [6.07, 6.45) is 3.56. The van der Waals surface area contributed by atoms with Gasteiger partial charge in [-0.15, -0.1) is 0 Å².